The standard InChI is InChI=1S/C22H27ClN2O5S/c1-5-6-13-30-22(27)17-8-11-19(12-9-17)24-21(26)16(3)25(31(4,28)29)20-14-18(23)10-7-15(20)2/h7-12,14,16H,5-6,13H2,1-4H3,(H,24,26)/t16-/m1/s1. The van der Waals surface area contributed by atoms with Crippen LogP contribution in [0.3, 0.4) is 0 Å². The van der Waals surface area contributed by atoms with E-state index in [-0.39, 0.29) is 0 Å². The van der Waals surface area contributed by atoms with E-state index in [0.717, 1.165) is 23.4 Å². The van der Waals surface area contributed by atoms with Crippen LogP contribution in [0.15, 0.2) is 42.5 Å². The van der Waals surface area contributed by atoms with Crippen molar-refractivity contribution in [2.75, 3.05) is 22.5 Å². The van der Waals surface area contributed by atoms with Crippen LogP contribution in [0.4, 0.5) is 11.4 Å². The average Bonchev–Trinajstić information content (AvgIpc) is 2.70. The molecule has 0 aliphatic heterocycles. The van der Waals surface area contributed by atoms with Crippen molar-refractivity contribution in [3.63, 3.8) is 0 Å². The number of sulfonamides is 1. The maximum atomic E-state index is 12.8. The number of carbonyl (C=O) groups is 2. The van der Waals surface area contributed by atoms with E-state index < -0.39 is 27.9 Å². The van der Waals surface area contributed by atoms with E-state index in [1.54, 1.807) is 43.3 Å². The van der Waals surface area contributed by atoms with Gasteiger partial charge >= 0.3 is 5.97 Å². The lowest BCUT2D eigenvalue weighted by molar-refractivity contribution is -0.116. The largest absolute Gasteiger partial charge is 0.462 e. The second-order valence-corrected chi connectivity index (χ2v) is 9.52. The highest BCUT2D eigenvalue weighted by Gasteiger charge is 2.30. The Labute approximate surface area is 188 Å². The number of anilines is 2. The number of benzene rings is 2. The van der Waals surface area contributed by atoms with Crippen molar-refractivity contribution in [2.45, 2.75) is 39.7 Å². The summed E-state index contributed by atoms with van der Waals surface area (Å²) in [5.41, 5.74) is 1.80. The molecule has 0 aliphatic rings. The fraction of sp³-hybridized carbons (Fsp3) is 0.364. The number of nitrogens with zero attached hydrogens (tertiary/aromatic N) is 1. The number of esters is 1. The predicted octanol–water partition coefficient (Wildman–Crippen LogP) is 4.40. The van der Waals surface area contributed by atoms with Crippen molar-refractivity contribution >= 4 is 44.9 Å². The van der Waals surface area contributed by atoms with Crippen LogP contribution in [0.25, 0.3) is 0 Å². The van der Waals surface area contributed by atoms with E-state index in [2.05, 4.69) is 5.32 Å². The van der Waals surface area contributed by atoms with E-state index in [1.165, 1.54) is 13.0 Å². The van der Waals surface area contributed by atoms with E-state index in [9.17, 15) is 18.0 Å². The molecule has 9 heteroatoms. The van der Waals surface area contributed by atoms with Gasteiger partial charge in [0.05, 0.1) is 24.1 Å². The van der Waals surface area contributed by atoms with Crippen molar-refractivity contribution < 1.29 is 22.7 Å². The van der Waals surface area contributed by atoms with E-state index >= 15 is 0 Å². The minimum absolute atomic E-state index is 0.336. The molecular weight excluding hydrogens is 440 g/mol. The molecule has 1 N–H and O–H groups in total. The molecule has 2 rings (SSSR count). The van der Waals surface area contributed by atoms with Crippen molar-refractivity contribution in [1.29, 1.82) is 0 Å². The summed E-state index contributed by atoms with van der Waals surface area (Å²) in [6.07, 6.45) is 2.76. The van der Waals surface area contributed by atoms with Crippen LogP contribution >= 0.6 is 11.6 Å². The van der Waals surface area contributed by atoms with Gasteiger partial charge in [0, 0.05) is 10.7 Å². The van der Waals surface area contributed by atoms with Gasteiger partial charge in [-0.2, -0.15) is 0 Å². The number of nitrogens with one attached hydrogen (secondary N) is 1. The number of halogens is 1. The van der Waals surface area contributed by atoms with Gasteiger partial charge in [0.25, 0.3) is 0 Å². The summed E-state index contributed by atoms with van der Waals surface area (Å²) in [7, 11) is -3.77. The Morgan fingerprint density at radius 2 is 1.81 bits per heavy atom. The molecule has 7 nitrogen and oxygen atoms in total. The minimum atomic E-state index is -3.77. The first-order chi connectivity index (χ1) is 14.5. The van der Waals surface area contributed by atoms with Gasteiger partial charge in [-0.15, -0.1) is 0 Å². The first kappa shape index (κ1) is 24.7. The second-order valence-electron chi connectivity index (χ2n) is 7.22. The fourth-order valence-corrected chi connectivity index (χ4v) is 4.32. The number of ether oxygens (including phenoxy) is 1. The van der Waals surface area contributed by atoms with Crippen molar-refractivity contribution in [3.8, 4) is 0 Å². The van der Waals surface area contributed by atoms with E-state index in [0.29, 0.717) is 34.1 Å². The molecule has 1 amide bonds. The highest BCUT2D eigenvalue weighted by atomic mass is 35.5. The van der Waals surface area contributed by atoms with E-state index in [4.69, 9.17) is 16.3 Å². The molecule has 0 radical (unpaired) electrons. The van der Waals surface area contributed by atoms with Crippen LogP contribution in [-0.2, 0) is 19.6 Å². The number of rotatable bonds is 9. The zero-order valence-corrected chi connectivity index (χ0v) is 19.6. The van der Waals surface area contributed by atoms with Gasteiger partial charge in [0.15, 0.2) is 0 Å². The number of amides is 1. The van der Waals surface area contributed by atoms with Crippen molar-refractivity contribution in [1.82, 2.24) is 0 Å². The zero-order chi connectivity index (χ0) is 23.2. The van der Waals surface area contributed by atoms with Crippen LogP contribution in [0.5, 0.6) is 0 Å². The highest BCUT2D eigenvalue weighted by Crippen LogP contribution is 2.28. The summed E-state index contributed by atoms with van der Waals surface area (Å²) in [5, 5.41) is 3.05. The van der Waals surface area contributed by atoms with Crippen LogP contribution < -0.4 is 9.62 Å². The van der Waals surface area contributed by atoms with Gasteiger partial charge in [0.1, 0.15) is 6.04 Å². The number of hydrogen-bond acceptors (Lipinski definition) is 5. The molecule has 2 aromatic carbocycles. The Morgan fingerprint density at radius 1 is 1.16 bits per heavy atom. The second kappa shape index (κ2) is 10.6. The number of hydrogen-bond donors (Lipinski definition) is 1. The molecule has 0 aliphatic carbocycles. The molecular formula is C22H27ClN2O5S. The van der Waals surface area contributed by atoms with Crippen LogP contribution in [-0.4, -0.2) is 39.2 Å². The number of aryl methyl sites for hydroxylation is 1. The normalized spacial score (nSPS) is 12.2. The van der Waals surface area contributed by atoms with Crippen LogP contribution in [0.1, 0.15) is 42.6 Å². The molecule has 0 saturated carbocycles. The molecule has 0 heterocycles. The smallest absolute Gasteiger partial charge is 0.338 e. The lowest BCUT2D eigenvalue weighted by Crippen LogP contribution is -2.45. The monoisotopic (exact) mass is 466 g/mol. The highest BCUT2D eigenvalue weighted by molar-refractivity contribution is 7.92. The molecule has 0 aromatic heterocycles. The molecule has 0 saturated heterocycles. The third kappa shape index (κ3) is 6.70. The molecule has 0 fully saturated rings. The Hall–Kier alpha value is -2.58. The minimum Gasteiger partial charge on any atom is -0.462 e. The van der Waals surface area contributed by atoms with E-state index in [1.807, 2.05) is 6.92 Å². The summed E-state index contributed by atoms with van der Waals surface area (Å²) in [4.78, 5) is 24.8. The Morgan fingerprint density at radius 3 is 2.39 bits per heavy atom. The SMILES string of the molecule is CCCCOC(=O)c1ccc(NC(=O)[C@@H](C)N(c2cc(Cl)ccc2C)S(C)(=O)=O)cc1. The molecule has 168 valence electrons. The van der Waals surface area contributed by atoms with Gasteiger partial charge in [-0.05, 0) is 62.2 Å². The van der Waals surface area contributed by atoms with Gasteiger partial charge in [0.2, 0.25) is 15.9 Å². The Bertz CT molecular complexity index is 1040. The molecule has 1 atom stereocenters. The lowest BCUT2D eigenvalue weighted by Gasteiger charge is -2.29. The summed E-state index contributed by atoms with van der Waals surface area (Å²) >= 11 is 6.05. The van der Waals surface area contributed by atoms with Crippen molar-refractivity contribution in [2.24, 2.45) is 0 Å². The summed E-state index contributed by atoms with van der Waals surface area (Å²) in [6, 6.07) is 10.0. The maximum Gasteiger partial charge on any atom is 0.338 e. The Balaban J connectivity index is 2.17. The van der Waals surface area contributed by atoms with Gasteiger partial charge in [-0.25, -0.2) is 13.2 Å². The molecule has 2 aromatic rings. The number of carbonyl (C=O) groups excluding carboxylic acids is 2. The molecule has 0 spiro atoms. The van der Waals surface area contributed by atoms with Gasteiger partial charge in [-0.1, -0.05) is 31.0 Å². The maximum absolute atomic E-state index is 12.8. The predicted molar refractivity (Wildman–Crippen MR) is 123 cm³/mol. The number of unbranched alkanes of at least 4 members (excludes halogenated alkanes) is 1. The van der Waals surface area contributed by atoms with Crippen LogP contribution in [0.2, 0.25) is 5.02 Å². The van der Waals surface area contributed by atoms with Gasteiger partial charge < -0.3 is 10.1 Å². The first-order valence-electron chi connectivity index (χ1n) is 9.88. The van der Waals surface area contributed by atoms with Crippen LogP contribution in [0, 0.1) is 6.92 Å². The quantitative estimate of drug-likeness (QED) is 0.436. The summed E-state index contributed by atoms with van der Waals surface area (Å²) in [5.74, 6) is -0.956. The fourth-order valence-electron chi connectivity index (χ4n) is 2.93. The molecule has 0 bridgehead atoms. The third-order valence-electron chi connectivity index (χ3n) is 4.62. The molecule has 31 heavy (non-hydrogen) atoms. The third-order valence-corrected chi connectivity index (χ3v) is 6.08. The van der Waals surface area contributed by atoms with Crippen molar-refractivity contribution in [3.05, 3.63) is 58.6 Å². The summed E-state index contributed by atoms with van der Waals surface area (Å²) in [6.45, 7) is 5.60. The first-order valence-corrected chi connectivity index (χ1v) is 12.1. The Kier molecular flexibility index (Phi) is 8.47. The average molecular weight is 467 g/mol. The molecule has 0 unspecified atom stereocenters. The van der Waals surface area contributed by atoms with Gasteiger partial charge in [-0.3, -0.25) is 9.10 Å². The summed E-state index contributed by atoms with van der Waals surface area (Å²) < 4.78 is 31.1. The lowest BCUT2D eigenvalue weighted by atomic mass is 10.1. The zero-order valence-electron chi connectivity index (χ0n) is 18.0. The topological polar surface area (TPSA) is 92.8 Å².